The Morgan fingerprint density at radius 3 is 2.35 bits per heavy atom. The summed E-state index contributed by atoms with van der Waals surface area (Å²) >= 11 is 0. The van der Waals surface area contributed by atoms with Crippen molar-refractivity contribution in [3.8, 4) is 5.75 Å². The molecule has 1 fully saturated rings. The minimum absolute atomic E-state index is 0.0660. The van der Waals surface area contributed by atoms with Crippen molar-refractivity contribution in [2.24, 2.45) is 0 Å². The van der Waals surface area contributed by atoms with E-state index in [2.05, 4.69) is 15.5 Å². The van der Waals surface area contributed by atoms with Gasteiger partial charge in [0.05, 0.1) is 6.61 Å². The summed E-state index contributed by atoms with van der Waals surface area (Å²) in [6.07, 6.45) is 4.54. The topological polar surface area (TPSA) is 77.5 Å². The fourth-order valence-corrected chi connectivity index (χ4v) is 4.08. The molecular formula is C28H32N4O2. The van der Waals surface area contributed by atoms with Crippen LogP contribution in [0.3, 0.4) is 0 Å². The molecular weight excluding hydrogens is 424 g/mol. The SMILES string of the molecule is N=C(C(=O)Nc1ccc(N2CCCCC2)cc1)c1ccccc1NCCCOc1ccccc1. The molecule has 0 unspecified atom stereocenters. The minimum atomic E-state index is -0.424. The highest BCUT2D eigenvalue weighted by Gasteiger charge is 2.16. The number of nitrogens with one attached hydrogen (secondary N) is 3. The molecule has 34 heavy (non-hydrogen) atoms. The van der Waals surface area contributed by atoms with E-state index in [4.69, 9.17) is 10.1 Å². The van der Waals surface area contributed by atoms with Gasteiger partial charge in [0.25, 0.3) is 5.91 Å². The van der Waals surface area contributed by atoms with E-state index in [0.717, 1.165) is 30.9 Å². The van der Waals surface area contributed by atoms with E-state index in [1.165, 1.54) is 24.9 Å². The monoisotopic (exact) mass is 456 g/mol. The molecule has 0 bridgehead atoms. The predicted octanol–water partition coefficient (Wildman–Crippen LogP) is 5.56. The fourth-order valence-electron chi connectivity index (χ4n) is 4.08. The first-order valence-corrected chi connectivity index (χ1v) is 12.0. The lowest BCUT2D eigenvalue weighted by molar-refractivity contribution is -0.110. The number of amides is 1. The number of carbonyl (C=O) groups is 1. The lowest BCUT2D eigenvalue weighted by Crippen LogP contribution is -2.29. The highest BCUT2D eigenvalue weighted by Crippen LogP contribution is 2.22. The van der Waals surface area contributed by atoms with Crippen LogP contribution < -0.4 is 20.3 Å². The van der Waals surface area contributed by atoms with Gasteiger partial charge in [0.1, 0.15) is 11.5 Å². The maximum atomic E-state index is 12.8. The zero-order valence-electron chi connectivity index (χ0n) is 19.4. The van der Waals surface area contributed by atoms with Crippen LogP contribution in [0.5, 0.6) is 5.75 Å². The van der Waals surface area contributed by atoms with Crippen molar-refractivity contribution in [2.75, 3.05) is 41.8 Å². The Labute approximate surface area is 201 Å². The Kier molecular flexibility index (Phi) is 8.17. The van der Waals surface area contributed by atoms with E-state index in [-0.39, 0.29) is 5.71 Å². The standard InChI is InChI=1S/C28H32N4O2/c29-27(28(33)31-22-14-16-23(17-15-22)32-19-7-2-8-20-32)25-12-5-6-13-26(25)30-18-9-21-34-24-10-3-1-4-11-24/h1,3-6,10-17,29-30H,2,7-9,18-21H2,(H,31,33). The fraction of sp³-hybridized carbons (Fsp3) is 0.286. The first-order chi connectivity index (χ1) is 16.7. The van der Waals surface area contributed by atoms with Gasteiger partial charge in [0.15, 0.2) is 0 Å². The molecule has 0 aromatic heterocycles. The summed E-state index contributed by atoms with van der Waals surface area (Å²) in [6.45, 7) is 3.43. The van der Waals surface area contributed by atoms with E-state index >= 15 is 0 Å². The summed E-state index contributed by atoms with van der Waals surface area (Å²) in [5.41, 5.74) is 3.15. The Morgan fingerprint density at radius 1 is 0.882 bits per heavy atom. The molecule has 3 aromatic carbocycles. The molecule has 0 spiro atoms. The van der Waals surface area contributed by atoms with Crippen LogP contribution in [0.1, 0.15) is 31.2 Å². The molecule has 1 aliphatic heterocycles. The number of para-hydroxylation sites is 2. The summed E-state index contributed by atoms with van der Waals surface area (Å²) in [6, 6.07) is 25.0. The van der Waals surface area contributed by atoms with Gasteiger partial charge in [-0.05, 0) is 68.1 Å². The molecule has 0 radical (unpaired) electrons. The maximum absolute atomic E-state index is 12.8. The zero-order valence-corrected chi connectivity index (χ0v) is 19.4. The Balaban J connectivity index is 1.29. The van der Waals surface area contributed by atoms with E-state index in [0.29, 0.717) is 24.4 Å². The number of hydrogen-bond donors (Lipinski definition) is 3. The summed E-state index contributed by atoms with van der Waals surface area (Å²) in [7, 11) is 0. The van der Waals surface area contributed by atoms with Gasteiger partial charge in [-0.15, -0.1) is 0 Å². The molecule has 1 aliphatic rings. The van der Waals surface area contributed by atoms with Crippen LogP contribution in [0, 0.1) is 5.41 Å². The van der Waals surface area contributed by atoms with E-state index in [9.17, 15) is 4.79 Å². The smallest absolute Gasteiger partial charge is 0.274 e. The van der Waals surface area contributed by atoms with Crippen molar-refractivity contribution in [3.63, 3.8) is 0 Å². The largest absolute Gasteiger partial charge is 0.494 e. The van der Waals surface area contributed by atoms with Crippen molar-refractivity contribution in [1.29, 1.82) is 5.41 Å². The molecule has 176 valence electrons. The molecule has 0 atom stereocenters. The third-order valence-corrected chi connectivity index (χ3v) is 5.92. The Bertz CT molecular complexity index is 1080. The molecule has 3 N–H and O–H groups in total. The molecule has 0 aliphatic carbocycles. The lowest BCUT2D eigenvalue weighted by atomic mass is 10.1. The van der Waals surface area contributed by atoms with Crippen LogP contribution in [0.4, 0.5) is 17.1 Å². The van der Waals surface area contributed by atoms with Gasteiger partial charge in [0.2, 0.25) is 0 Å². The van der Waals surface area contributed by atoms with Crippen LogP contribution in [0.25, 0.3) is 0 Å². The molecule has 4 rings (SSSR count). The number of nitrogens with zero attached hydrogens (tertiary/aromatic N) is 1. The Hall–Kier alpha value is -3.80. The number of ether oxygens (including phenoxy) is 1. The second-order valence-electron chi connectivity index (χ2n) is 8.41. The molecule has 1 amide bonds. The summed E-state index contributed by atoms with van der Waals surface area (Å²) < 4.78 is 5.72. The molecule has 1 saturated heterocycles. The third-order valence-electron chi connectivity index (χ3n) is 5.92. The van der Waals surface area contributed by atoms with Crippen LogP contribution >= 0.6 is 0 Å². The minimum Gasteiger partial charge on any atom is -0.494 e. The van der Waals surface area contributed by atoms with Gasteiger partial charge in [0, 0.05) is 42.3 Å². The maximum Gasteiger partial charge on any atom is 0.274 e. The number of hydrogen-bond acceptors (Lipinski definition) is 5. The molecule has 6 nitrogen and oxygen atoms in total. The summed E-state index contributed by atoms with van der Waals surface area (Å²) in [4.78, 5) is 15.2. The zero-order chi connectivity index (χ0) is 23.6. The number of carbonyl (C=O) groups excluding carboxylic acids is 1. The van der Waals surface area contributed by atoms with Crippen molar-refractivity contribution in [2.45, 2.75) is 25.7 Å². The van der Waals surface area contributed by atoms with E-state index in [1.54, 1.807) is 6.07 Å². The molecule has 6 heteroatoms. The molecule has 1 heterocycles. The van der Waals surface area contributed by atoms with Gasteiger partial charge in [-0.25, -0.2) is 0 Å². The van der Waals surface area contributed by atoms with Crippen molar-refractivity contribution in [3.05, 3.63) is 84.4 Å². The average Bonchev–Trinajstić information content (AvgIpc) is 2.90. The van der Waals surface area contributed by atoms with Crippen LogP contribution in [-0.4, -0.2) is 37.9 Å². The van der Waals surface area contributed by atoms with Crippen LogP contribution in [-0.2, 0) is 4.79 Å². The van der Waals surface area contributed by atoms with Crippen molar-refractivity contribution >= 4 is 28.7 Å². The van der Waals surface area contributed by atoms with Gasteiger partial charge < -0.3 is 20.3 Å². The second-order valence-corrected chi connectivity index (χ2v) is 8.41. The van der Waals surface area contributed by atoms with E-state index in [1.807, 2.05) is 72.8 Å². The normalized spacial score (nSPS) is 13.2. The first-order valence-electron chi connectivity index (χ1n) is 12.0. The Morgan fingerprint density at radius 2 is 1.59 bits per heavy atom. The van der Waals surface area contributed by atoms with E-state index < -0.39 is 5.91 Å². The molecule has 3 aromatic rings. The quantitative estimate of drug-likeness (QED) is 0.276. The van der Waals surface area contributed by atoms with Gasteiger partial charge >= 0.3 is 0 Å². The number of anilines is 3. The number of rotatable bonds is 10. The second kappa shape index (κ2) is 11.9. The number of piperidine rings is 1. The van der Waals surface area contributed by atoms with Crippen LogP contribution in [0.15, 0.2) is 78.9 Å². The molecule has 0 saturated carbocycles. The summed E-state index contributed by atoms with van der Waals surface area (Å²) in [5, 5.41) is 14.7. The first kappa shape index (κ1) is 23.4. The average molecular weight is 457 g/mol. The number of benzene rings is 3. The van der Waals surface area contributed by atoms with Gasteiger partial charge in [-0.2, -0.15) is 0 Å². The van der Waals surface area contributed by atoms with Crippen LogP contribution in [0.2, 0.25) is 0 Å². The summed E-state index contributed by atoms with van der Waals surface area (Å²) in [5.74, 6) is 0.428. The van der Waals surface area contributed by atoms with Gasteiger partial charge in [-0.3, -0.25) is 10.2 Å². The predicted molar refractivity (Wildman–Crippen MR) is 139 cm³/mol. The van der Waals surface area contributed by atoms with Crippen molar-refractivity contribution in [1.82, 2.24) is 0 Å². The van der Waals surface area contributed by atoms with Crippen molar-refractivity contribution < 1.29 is 9.53 Å². The highest BCUT2D eigenvalue weighted by atomic mass is 16.5. The lowest BCUT2D eigenvalue weighted by Gasteiger charge is -2.28. The third kappa shape index (κ3) is 6.38. The highest BCUT2D eigenvalue weighted by molar-refractivity contribution is 6.48. The van der Waals surface area contributed by atoms with Gasteiger partial charge in [-0.1, -0.05) is 36.4 Å².